The number of nitrogens with zero attached hydrogens (tertiary/aromatic N) is 2. The van der Waals surface area contributed by atoms with Crippen LogP contribution in [0.25, 0.3) is 11.0 Å². The van der Waals surface area contributed by atoms with Crippen LogP contribution in [0.15, 0.2) is 18.2 Å². The molecule has 0 N–H and O–H groups in total. The zero-order valence-corrected chi connectivity index (χ0v) is 14.2. The monoisotopic (exact) mass is 404 g/mol. The maximum absolute atomic E-state index is 6.02. The zero-order valence-electron chi connectivity index (χ0n) is 11.3. The largest absolute Gasteiger partial charge is 0.376 e. The van der Waals surface area contributed by atoms with Crippen LogP contribution >= 0.6 is 34.2 Å². The number of hydrogen-bond acceptors (Lipinski definition) is 2. The average Bonchev–Trinajstić information content (AvgIpc) is 3.06. The van der Waals surface area contributed by atoms with E-state index in [-0.39, 0.29) is 0 Å². The molecule has 0 bridgehead atoms. The molecule has 0 unspecified atom stereocenters. The number of ether oxygens (including phenoxy) is 1. The van der Waals surface area contributed by atoms with Crippen LogP contribution in [0.4, 0.5) is 0 Å². The Labute approximate surface area is 137 Å². The summed E-state index contributed by atoms with van der Waals surface area (Å²) >= 11 is 8.33. The molecule has 0 spiro atoms. The molecule has 2 aromatic rings. The first-order valence-corrected chi connectivity index (χ1v) is 8.71. The number of rotatable bonds is 5. The quantitative estimate of drug-likeness (QED) is 0.547. The fourth-order valence-corrected chi connectivity index (χ4v) is 3.55. The second-order valence-corrected chi connectivity index (χ2v) is 6.74. The summed E-state index contributed by atoms with van der Waals surface area (Å²) in [6.45, 7) is 1.57. The third-order valence-corrected chi connectivity index (χ3v) is 4.79. The predicted octanol–water partition coefficient (Wildman–Crippen LogP) is 4.34. The van der Waals surface area contributed by atoms with Crippen molar-refractivity contribution >= 4 is 45.2 Å². The van der Waals surface area contributed by atoms with Crippen molar-refractivity contribution in [2.24, 2.45) is 0 Å². The highest BCUT2D eigenvalue weighted by molar-refractivity contribution is 14.1. The van der Waals surface area contributed by atoms with Crippen LogP contribution in [0.3, 0.4) is 0 Å². The molecule has 3 rings (SSSR count). The van der Waals surface area contributed by atoms with Gasteiger partial charge in [-0.2, -0.15) is 0 Å². The lowest BCUT2D eigenvalue weighted by molar-refractivity contribution is 0.0532. The molecule has 0 aliphatic heterocycles. The summed E-state index contributed by atoms with van der Waals surface area (Å²) in [6.07, 6.45) is 5.51. The minimum absolute atomic E-state index is 0.439. The van der Waals surface area contributed by atoms with Gasteiger partial charge in [-0.3, -0.25) is 0 Å². The van der Waals surface area contributed by atoms with Crippen molar-refractivity contribution in [2.45, 2.75) is 44.2 Å². The van der Waals surface area contributed by atoms with E-state index < -0.39 is 0 Å². The molecule has 20 heavy (non-hydrogen) atoms. The van der Waals surface area contributed by atoms with Gasteiger partial charge in [0.25, 0.3) is 0 Å². The molecule has 0 atom stereocenters. The summed E-state index contributed by atoms with van der Waals surface area (Å²) in [7, 11) is 0. The molecule has 5 heteroatoms. The van der Waals surface area contributed by atoms with Gasteiger partial charge in [0.05, 0.1) is 29.6 Å². The van der Waals surface area contributed by atoms with Crippen molar-refractivity contribution < 1.29 is 4.74 Å². The molecular weight excluding hydrogens is 387 g/mol. The van der Waals surface area contributed by atoms with Crippen LogP contribution < -0.4 is 0 Å². The second kappa shape index (κ2) is 6.62. The normalized spacial score (nSPS) is 16.3. The lowest BCUT2D eigenvalue weighted by atomic mass is 10.3. The highest BCUT2D eigenvalue weighted by atomic mass is 127. The molecule has 1 fully saturated rings. The van der Waals surface area contributed by atoms with E-state index in [4.69, 9.17) is 16.3 Å². The summed E-state index contributed by atoms with van der Waals surface area (Å²) < 4.78 is 9.34. The molecule has 1 heterocycles. The van der Waals surface area contributed by atoms with E-state index in [1.54, 1.807) is 0 Å². The number of benzene rings is 1. The van der Waals surface area contributed by atoms with E-state index in [1.165, 1.54) is 29.3 Å². The Morgan fingerprint density at radius 2 is 2.15 bits per heavy atom. The first kappa shape index (κ1) is 14.6. The second-order valence-electron chi connectivity index (χ2n) is 5.22. The first-order chi connectivity index (χ1) is 9.78. The van der Waals surface area contributed by atoms with Crippen LogP contribution in [0.1, 0.15) is 31.5 Å². The lowest BCUT2D eigenvalue weighted by Crippen LogP contribution is -2.14. The summed E-state index contributed by atoms with van der Waals surface area (Å²) in [4.78, 5) is 4.61. The standard InChI is InChI=1S/C15H18ClIN2O/c16-10-15-18-13-9-11(17)5-6-14(13)19(15)7-8-20-12-3-1-2-4-12/h5-6,9,12H,1-4,7-8,10H2. The minimum atomic E-state index is 0.439. The van der Waals surface area contributed by atoms with Gasteiger partial charge in [0, 0.05) is 10.1 Å². The van der Waals surface area contributed by atoms with E-state index in [9.17, 15) is 0 Å². The van der Waals surface area contributed by atoms with E-state index in [1.807, 2.05) is 0 Å². The Hall–Kier alpha value is -0.330. The maximum Gasteiger partial charge on any atom is 0.124 e. The van der Waals surface area contributed by atoms with Gasteiger partial charge in [0.2, 0.25) is 0 Å². The van der Waals surface area contributed by atoms with E-state index >= 15 is 0 Å². The Morgan fingerprint density at radius 3 is 2.90 bits per heavy atom. The molecule has 0 amide bonds. The van der Waals surface area contributed by atoms with Gasteiger partial charge in [-0.05, 0) is 53.6 Å². The van der Waals surface area contributed by atoms with Gasteiger partial charge in [0.1, 0.15) is 5.82 Å². The van der Waals surface area contributed by atoms with Crippen LogP contribution in [-0.2, 0) is 17.2 Å². The van der Waals surface area contributed by atoms with Gasteiger partial charge in [-0.1, -0.05) is 12.8 Å². The Morgan fingerprint density at radius 1 is 1.35 bits per heavy atom. The van der Waals surface area contributed by atoms with E-state index in [0.717, 1.165) is 30.0 Å². The van der Waals surface area contributed by atoms with E-state index in [0.29, 0.717) is 12.0 Å². The number of aromatic nitrogens is 2. The number of alkyl halides is 1. The van der Waals surface area contributed by atoms with Gasteiger partial charge < -0.3 is 9.30 Å². The molecule has 108 valence electrons. The topological polar surface area (TPSA) is 27.1 Å². The van der Waals surface area contributed by atoms with Crippen molar-refractivity contribution in [3.05, 3.63) is 27.6 Å². The van der Waals surface area contributed by atoms with Crippen molar-refractivity contribution in [1.29, 1.82) is 0 Å². The molecular formula is C15H18ClIN2O. The Balaban J connectivity index is 1.75. The molecule has 1 aromatic carbocycles. The Bertz CT molecular complexity index is 593. The van der Waals surface area contributed by atoms with Gasteiger partial charge in [-0.15, -0.1) is 11.6 Å². The minimum Gasteiger partial charge on any atom is -0.376 e. The summed E-state index contributed by atoms with van der Waals surface area (Å²) in [5.74, 6) is 1.37. The zero-order chi connectivity index (χ0) is 13.9. The van der Waals surface area contributed by atoms with Crippen LogP contribution in [0.2, 0.25) is 0 Å². The van der Waals surface area contributed by atoms with Crippen molar-refractivity contribution in [3.8, 4) is 0 Å². The molecule has 1 aromatic heterocycles. The van der Waals surface area contributed by atoms with Gasteiger partial charge >= 0.3 is 0 Å². The van der Waals surface area contributed by atoms with Crippen LogP contribution in [-0.4, -0.2) is 22.3 Å². The van der Waals surface area contributed by atoms with Crippen molar-refractivity contribution in [3.63, 3.8) is 0 Å². The first-order valence-electron chi connectivity index (χ1n) is 7.10. The molecule has 1 aliphatic rings. The van der Waals surface area contributed by atoms with Crippen molar-refractivity contribution in [2.75, 3.05) is 6.61 Å². The molecule has 1 aliphatic carbocycles. The highest BCUT2D eigenvalue weighted by Crippen LogP contribution is 2.22. The summed E-state index contributed by atoms with van der Waals surface area (Å²) in [5, 5.41) is 0. The van der Waals surface area contributed by atoms with Crippen molar-refractivity contribution in [1.82, 2.24) is 9.55 Å². The Kier molecular flexibility index (Phi) is 4.83. The molecule has 0 radical (unpaired) electrons. The fraction of sp³-hybridized carbons (Fsp3) is 0.533. The third-order valence-electron chi connectivity index (χ3n) is 3.88. The molecule has 3 nitrogen and oxygen atoms in total. The van der Waals surface area contributed by atoms with Gasteiger partial charge in [0.15, 0.2) is 0 Å². The maximum atomic E-state index is 6.02. The molecule has 0 saturated heterocycles. The smallest absolute Gasteiger partial charge is 0.124 e. The molecule has 1 saturated carbocycles. The lowest BCUT2D eigenvalue weighted by Gasteiger charge is -2.13. The number of imidazole rings is 1. The average molecular weight is 405 g/mol. The van der Waals surface area contributed by atoms with Crippen LogP contribution in [0, 0.1) is 3.57 Å². The van der Waals surface area contributed by atoms with Gasteiger partial charge in [-0.25, -0.2) is 4.98 Å². The third kappa shape index (κ3) is 3.12. The number of halogens is 2. The SMILES string of the molecule is ClCc1nc2cc(I)ccc2n1CCOC1CCCC1. The number of fused-ring (bicyclic) bond motifs is 1. The summed E-state index contributed by atoms with van der Waals surface area (Å²) in [5.41, 5.74) is 2.17. The van der Waals surface area contributed by atoms with Crippen LogP contribution in [0.5, 0.6) is 0 Å². The number of hydrogen-bond donors (Lipinski definition) is 0. The predicted molar refractivity (Wildman–Crippen MR) is 90.2 cm³/mol. The van der Waals surface area contributed by atoms with E-state index in [2.05, 4.69) is 50.3 Å². The summed E-state index contributed by atoms with van der Waals surface area (Å²) in [6, 6.07) is 6.33. The highest BCUT2D eigenvalue weighted by Gasteiger charge is 2.16. The fourth-order valence-electron chi connectivity index (χ4n) is 2.87.